The Bertz CT molecular complexity index is 1760. The van der Waals surface area contributed by atoms with Gasteiger partial charge in [-0.25, -0.2) is 17.9 Å². The van der Waals surface area contributed by atoms with Crippen LogP contribution in [0.4, 0.5) is 4.39 Å². The van der Waals surface area contributed by atoms with Gasteiger partial charge in [0.25, 0.3) is 5.91 Å². The number of aliphatic hydroxyl groups is 1. The van der Waals surface area contributed by atoms with Gasteiger partial charge in [0.2, 0.25) is 6.79 Å². The van der Waals surface area contributed by atoms with Gasteiger partial charge in [0, 0.05) is 30.8 Å². The first-order chi connectivity index (χ1) is 21.1. The molecule has 44 heavy (non-hydrogen) atoms. The summed E-state index contributed by atoms with van der Waals surface area (Å²) in [5.74, 6) is 0.605. The molecule has 1 unspecified atom stereocenters. The molecule has 228 valence electrons. The first-order valence-electron chi connectivity index (χ1n) is 14.5. The molecule has 1 amide bonds. The molecule has 10 heteroatoms. The molecule has 8 nitrogen and oxygen atoms in total. The Kier molecular flexibility index (Phi) is 8.24. The maximum absolute atomic E-state index is 14.1. The van der Waals surface area contributed by atoms with Crippen molar-refractivity contribution in [3.05, 3.63) is 101 Å². The molecule has 2 aliphatic heterocycles. The second-order valence-corrected chi connectivity index (χ2v) is 14.0. The molecule has 0 spiro atoms. The number of amides is 1. The molecule has 0 radical (unpaired) electrons. The van der Waals surface area contributed by atoms with E-state index in [1.165, 1.54) is 12.1 Å². The van der Waals surface area contributed by atoms with Crippen molar-refractivity contribution in [1.29, 1.82) is 0 Å². The zero-order valence-electron chi connectivity index (χ0n) is 24.8. The average molecular weight is 616 g/mol. The first kappa shape index (κ1) is 29.9. The van der Waals surface area contributed by atoms with E-state index in [0.29, 0.717) is 35.7 Å². The third-order valence-electron chi connectivity index (χ3n) is 7.71. The summed E-state index contributed by atoms with van der Waals surface area (Å²) in [6.45, 7) is 6.40. The van der Waals surface area contributed by atoms with Gasteiger partial charge in [-0.15, -0.1) is 0 Å². The summed E-state index contributed by atoms with van der Waals surface area (Å²) in [7, 11) is -1.39. The number of aromatic nitrogens is 1. The number of fused-ring (bicyclic) bond motifs is 2. The van der Waals surface area contributed by atoms with Crippen LogP contribution >= 0.6 is 0 Å². The van der Waals surface area contributed by atoms with Gasteiger partial charge < -0.3 is 19.9 Å². The number of carbonyl (C=O) groups is 1. The Morgan fingerprint density at radius 3 is 2.50 bits per heavy atom. The minimum absolute atomic E-state index is 0.109. The van der Waals surface area contributed by atoms with Crippen LogP contribution in [0, 0.1) is 5.82 Å². The second kappa shape index (κ2) is 12.1. The van der Waals surface area contributed by atoms with E-state index in [1.54, 1.807) is 12.1 Å². The van der Waals surface area contributed by atoms with Crippen LogP contribution < -0.4 is 14.8 Å². The summed E-state index contributed by atoms with van der Waals surface area (Å²) in [5, 5.41) is 13.0. The van der Waals surface area contributed by atoms with Gasteiger partial charge in [-0.05, 0) is 85.8 Å². The van der Waals surface area contributed by atoms with Crippen molar-refractivity contribution in [3.8, 4) is 33.9 Å². The lowest BCUT2D eigenvalue weighted by atomic mass is 9.94. The Hall–Kier alpha value is -4.12. The molecule has 0 saturated carbocycles. The summed E-state index contributed by atoms with van der Waals surface area (Å²) in [6, 6.07) is 20.9. The first-order valence-corrected chi connectivity index (χ1v) is 15.6. The quantitative estimate of drug-likeness (QED) is 0.256. The normalized spacial score (nSPS) is 16.5. The van der Waals surface area contributed by atoms with E-state index in [2.05, 4.69) is 5.32 Å². The van der Waals surface area contributed by atoms with Gasteiger partial charge in [-0.3, -0.25) is 4.79 Å². The van der Waals surface area contributed by atoms with E-state index in [4.69, 9.17) is 14.5 Å². The number of nitrogens with zero attached hydrogens (tertiary/aromatic N) is 2. The maximum atomic E-state index is 14.1. The van der Waals surface area contributed by atoms with Crippen LogP contribution in [0.25, 0.3) is 22.4 Å². The molecule has 0 fully saturated rings. The van der Waals surface area contributed by atoms with Crippen LogP contribution in [-0.2, 0) is 24.1 Å². The van der Waals surface area contributed by atoms with Crippen molar-refractivity contribution in [2.24, 2.45) is 0 Å². The Labute approximate surface area is 258 Å². The molecule has 0 bridgehead atoms. The number of rotatable bonds is 8. The average Bonchev–Trinajstić information content (AvgIpc) is 3.63. The molecular formula is C34H34FN3O5S. The number of halogens is 1. The highest BCUT2D eigenvalue weighted by atomic mass is 32.2. The molecule has 0 aliphatic carbocycles. The summed E-state index contributed by atoms with van der Waals surface area (Å²) in [6.07, 6.45) is 0.350. The monoisotopic (exact) mass is 615 g/mol. The highest BCUT2D eigenvalue weighted by Crippen LogP contribution is 2.44. The van der Waals surface area contributed by atoms with Gasteiger partial charge in [0.05, 0.1) is 16.5 Å². The van der Waals surface area contributed by atoms with E-state index in [-0.39, 0.29) is 43.4 Å². The van der Waals surface area contributed by atoms with Gasteiger partial charge in [0.1, 0.15) is 22.5 Å². The summed E-state index contributed by atoms with van der Waals surface area (Å²) in [4.78, 5) is 18.4. The third kappa shape index (κ3) is 5.97. The fourth-order valence-corrected chi connectivity index (χ4v) is 7.05. The lowest BCUT2D eigenvalue weighted by molar-refractivity contribution is 0.0945. The van der Waals surface area contributed by atoms with Crippen LogP contribution in [0.3, 0.4) is 0 Å². The number of ether oxygens (including phenoxy) is 2. The molecule has 3 heterocycles. The Morgan fingerprint density at radius 1 is 1.02 bits per heavy atom. The minimum atomic E-state index is -1.39. The van der Waals surface area contributed by atoms with Crippen molar-refractivity contribution >= 4 is 16.9 Å². The van der Waals surface area contributed by atoms with Crippen molar-refractivity contribution in [2.45, 2.75) is 51.1 Å². The number of benzene rings is 3. The standard InChI is InChI=1S/C34H34FN3O5S/c1-34(2,3)44(41)38-19-25-17-27(33(40)36-18-21-10-11-29-30(14-21)43-20-42-29)37-32(31(25)28(38)12-13-39)24-8-4-6-22(15-24)23-7-5-9-26(35)16-23/h4-11,14-17,28,39H,12-13,18-20H2,1-3H3,(H,36,40)/t28-,44?/m1/s1. The van der Waals surface area contributed by atoms with Crippen molar-refractivity contribution in [2.75, 3.05) is 13.4 Å². The number of aliphatic hydroxyl groups excluding tert-OH is 1. The van der Waals surface area contributed by atoms with Crippen LogP contribution in [0.1, 0.15) is 60.4 Å². The van der Waals surface area contributed by atoms with Crippen LogP contribution in [0.5, 0.6) is 11.5 Å². The Morgan fingerprint density at radius 2 is 1.75 bits per heavy atom. The number of carbonyl (C=O) groups excluding carboxylic acids is 1. The van der Waals surface area contributed by atoms with E-state index in [9.17, 15) is 18.5 Å². The smallest absolute Gasteiger partial charge is 0.270 e. The summed E-state index contributed by atoms with van der Waals surface area (Å²) < 4.78 is 40.0. The summed E-state index contributed by atoms with van der Waals surface area (Å²) in [5.41, 5.74) is 5.55. The molecular weight excluding hydrogens is 581 g/mol. The predicted octanol–water partition coefficient (Wildman–Crippen LogP) is 5.91. The zero-order valence-corrected chi connectivity index (χ0v) is 25.6. The number of pyridine rings is 1. The maximum Gasteiger partial charge on any atom is 0.270 e. The van der Waals surface area contributed by atoms with Crippen molar-refractivity contribution in [3.63, 3.8) is 0 Å². The molecule has 3 aromatic carbocycles. The largest absolute Gasteiger partial charge is 0.454 e. The topological polar surface area (TPSA) is 101 Å². The second-order valence-electron chi connectivity index (χ2n) is 11.9. The fraction of sp³-hybridized carbons (Fsp3) is 0.294. The fourth-order valence-electron chi connectivity index (χ4n) is 5.64. The molecule has 6 rings (SSSR count). The number of hydrogen-bond donors (Lipinski definition) is 2. The lowest BCUT2D eigenvalue weighted by Gasteiger charge is -2.30. The third-order valence-corrected chi connectivity index (χ3v) is 9.56. The van der Waals surface area contributed by atoms with E-state index in [1.807, 2.05) is 73.6 Å². The van der Waals surface area contributed by atoms with Gasteiger partial charge in [-0.2, -0.15) is 0 Å². The van der Waals surface area contributed by atoms with Crippen LogP contribution in [-0.4, -0.2) is 42.7 Å². The van der Waals surface area contributed by atoms with Gasteiger partial charge in [-0.1, -0.05) is 36.4 Å². The minimum Gasteiger partial charge on any atom is -0.454 e. The number of nitrogens with one attached hydrogen (secondary N) is 1. The molecule has 0 saturated heterocycles. The highest BCUT2D eigenvalue weighted by molar-refractivity contribution is 7.84. The van der Waals surface area contributed by atoms with Crippen LogP contribution in [0.15, 0.2) is 72.8 Å². The van der Waals surface area contributed by atoms with Crippen LogP contribution in [0.2, 0.25) is 0 Å². The van der Waals surface area contributed by atoms with E-state index in [0.717, 1.165) is 27.8 Å². The van der Waals surface area contributed by atoms with Crippen molar-refractivity contribution in [1.82, 2.24) is 14.6 Å². The summed E-state index contributed by atoms with van der Waals surface area (Å²) >= 11 is 0. The van der Waals surface area contributed by atoms with Gasteiger partial charge in [0.15, 0.2) is 11.5 Å². The highest BCUT2D eigenvalue weighted by Gasteiger charge is 2.40. The van der Waals surface area contributed by atoms with E-state index < -0.39 is 15.7 Å². The van der Waals surface area contributed by atoms with E-state index >= 15 is 0 Å². The van der Waals surface area contributed by atoms with Crippen molar-refractivity contribution < 1.29 is 28.0 Å². The lowest BCUT2D eigenvalue weighted by Crippen LogP contribution is -2.36. The molecule has 4 aromatic rings. The molecule has 2 aliphatic rings. The SMILES string of the molecule is CC(C)(C)S(=O)N1Cc2cc(C(=O)NCc3ccc4c(c3)OCO4)nc(-c3cccc(-c4cccc(F)c4)c3)c2[C@H]1CCO. The Balaban J connectivity index is 1.41. The molecule has 2 atom stereocenters. The predicted molar refractivity (Wildman–Crippen MR) is 167 cm³/mol. The number of hydrogen-bond acceptors (Lipinski definition) is 6. The molecule has 1 aromatic heterocycles. The zero-order chi connectivity index (χ0) is 31.0. The van der Waals surface area contributed by atoms with Gasteiger partial charge >= 0.3 is 0 Å². The molecule has 2 N–H and O–H groups in total.